The summed E-state index contributed by atoms with van der Waals surface area (Å²) >= 11 is 1.32. The van der Waals surface area contributed by atoms with Crippen molar-refractivity contribution in [2.75, 3.05) is 17.6 Å². The summed E-state index contributed by atoms with van der Waals surface area (Å²) in [6.07, 6.45) is 4.49. The van der Waals surface area contributed by atoms with Crippen LogP contribution in [0.5, 0.6) is 0 Å². The van der Waals surface area contributed by atoms with Gasteiger partial charge in [-0.15, -0.1) is 0 Å². The highest BCUT2D eigenvalue weighted by molar-refractivity contribution is 7.18. The van der Waals surface area contributed by atoms with Gasteiger partial charge in [0.2, 0.25) is 0 Å². The third-order valence-corrected chi connectivity index (χ3v) is 4.57. The predicted molar refractivity (Wildman–Crippen MR) is 79.6 cm³/mol. The van der Waals surface area contributed by atoms with Crippen LogP contribution in [0.3, 0.4) is 0 Å². The highest BCUT2D eigenvalue weighted by atomic mass is 32.1. The van der Waals surface area contributed by atoms with Gasteiger partial charge in [-0.2, -0.15) is 0 Å². The van der Waals surface area contributed by atoms with E-state index in [2.05, 4.69) is 22.5 Å². The number of nitrogens with zero attached hydrogens (tertiary/aromatic N) is 1. The van der Waals surface area contributed by atoms with Gasteiger partial charge in [-0.1, -0.05) is 18.3 Å². The van der Waals surface area contributed by atoms with Crippen molar-refractivity contribution in [1.82, 2.24) is 10.3 Å². The number of hydrogen-bond acceptors (Lipinski definition) is 5. The monoisotopic (exact) mass is 282 g/mol. The maximum absolute atomic E-state index is 12.2. The zero-order valence-electron chi connectivity index (χ0n) is 11.5. The van der Waals surface area contributed by atoms with Crippen molar-refractivity contribution in [3.05, 3.63) is 4.88 Å². The maximum Gasteiger partial charge on any atom is 0.265 e. The van der Waals surface area contributed by atoms with Gasteiger partial charge in [0.1, 0.15) is 10.7 Å². The number of aromatic nitrogens is 1. The molecule has 6 heteroatoms. The molecule has 1 heterocycles. The average molecular weight is 282 g/mol. The van der Waals surface area contributed by atoms with Crippen LogP contribution in [-0.2, 0) is 0 Å². The molecule has 0 unspecified atom stereocenters. The molecule has 1 aliphatic carbocycles. The zero-order valence-corrected chi connectivity index (χ0v) is 12.3. The summed E-state index contributed by atoms with van der Waals surface area (Å²) in [4.78, 5) is 16.9. The first-order valence-electron chi connectivity index (χ1n) is 6.91. The van der Waals surface area contributed by atoms with Gasteiger partial charge in [0.15, 0.2) is 5.13 Å². The Hall–Kier alpha value is -1.30. The third-order valence-electron chi connectivity index (χ3n) is 3.54. The van der Waals surface area contributed by atoms with Crippen LogP contribution >= 0.6 is 11.3 Å². The molecule has 1 aromatic heterocycles. The van der Waals surface area contributed by atoms with Crippen LogP contribution in [0.15, 0.2) is 0 Å². The SMILES string of the molecule is CCNc1nc(N)c(C(=O)NC2CCC(C)CC2)s1. The van der Waals surface area contributed by atoms with E-state index in [9.17, 15) is 4.79 Å². The van der Waals surface area contributed by atoms with Crippen molar-refractivity contribution in [1.29, 1.82) is 0 Å². The molecule has 0 bridgehead atoms. The van der Waals surface area contributed by atoms with E-state index >= 15 is 0 Å². The van der Waals surface area contributed by atoms with E-state index in [1.807, 2.05) is 6.92 Å². The third kappa shape index (κ3) is 3.59. The van der Waals surface area contributed by atoms with Crippen molar-refractivity contribution >= 4 is 28.2 Å². The summed E-state index contributed by atoms with van der Waals surface area (Å²) in [6.45, 7) is 5.02. The van der Waals surface area contributed by atoms with Crippen molar-refractivity contribution in [3.63, 3.8) is 0 Å². The van der Waals surface area contributed by atoms with Gasteiger partial charge < -0.3 is 16.4 Å². The van der Waals surface area contributed by atoms with Crippen LogP contribution in [0, 0.1) is 5.92 Å². The summed E-state index contributed by atoms with van der Waals surface area (Å²) in [5.41, 5.74) is 5.80. The maximum atomic E-state index is 12.2. The fraction of sp³-hybridized carbons (Fsp3) is 0.692. The molecule has 1 saturated carbocycles. The number of carbonyl (C=O) groups is 1. The fourth-order valence-electron chi connectivity index (χ4n) is 2.38. The molecule has 19 heavy (non-hydrogen) atoms. The molecular weight excluding hydrogens is 260 g/mol. The normalized spacial score (nSPS) is 23.1. The second-order valence-corrected chi connectivity index (χ2v) is 6.19. The van der Waals surface area contributed by atoms with Crippen molar-refractivity contribution in [2.45, 2.75) is 45.6 Å². The summed E-state index contributed by atoms with van der Waals surface area (Å²) in [6, 6.07) is 0.285. The van der Waals surface area contributed by atoms with Crippen LogP contribution in [0.25, 0.3) is 0 Å². The molecule has 1 aromatic rings. The number of amides is 1. The topological polar surface area (TPSA) is 80.0 Å². The molecular formula is C13H22N4OS. The van der Waals surface area contributed by atoms with Crippen LogP contribution in [0.4, 0.5) is 10.9 Å². The molecule has 2 rings (SSSR count). The van der Waals surface area contributed by atoms with Crippen LogP contribution in [0.1, 0.15) is 49.2 Å². The molecule has 1 aliphatic rings. The van der Waals surface area contributed by atoms with E-state index in [0.29, 0.717) is 15.8 Å². The molecule has 106 valence electrons. The van der Waals surface area contributed by atoms with E-state index in [4.69, 9.17) is 5.73 Å². The highest BCUT2D eigenvalue weighted by Gasteiger charge is 2.22. The molecule has 0 spiro atoms. The lowest BCUT2D eigenvalue weighted by Gasteiger charge is -2.26. The van der Waals surface area contributed by atoms with Gasteiger partial charge in [0, 0.05) is 12.6 Å². The number of nitrogens with one attached hydrogen (secondary N) is 2. The number of hydrogen-bond donors (Lipinski definition) is 3. The minimum atomic E-state index is -0.0845. The van der Waals surface area contributed by atoms with Gasteiger partial charge in [-0.3, -0.25) is 4.79 Å². The van der Waals surface area contributed by atoms with E-state index in [1.165, 1.54) is 24.2 Å². The van der Waals surface area contributed by atoms with Gasteiger partial charge >= 0.3 is 0 Å². The van der Waals surface area contributed by atoms with Gasteiger partial charge in [0.25, 0.3) is 5.91 Å². The van der Waals surface area contributed by atoms with Crippen molar-refractivity contribution in [3.8, 4) is 0 Å². The molecule has 1 fully saturated rings. The predicted octanol–water partition coefficient (Wildman–Crippen LogP) is 2.47. The average Bonchev–Trinajstić information content (AvgIpc) is 2.74. The zero-order chi connectivity index (χ0) is 13.8. The van der Waals surface area contributed by atoms with Crippen LogP contribution in [-0.4, -0.2) is 23.5 Å². The lowest BCUT2D eigenvalue weighted by atomic mass is 9.87. The first-order chi connectivity index (χ1) is 9.10. The largest absolute Gasteiger partial charge is 0.382 e. The Bertz CT molecular complexity index is 438. The van der Waals surface area contributed by atoms with Crippen LogP contribution in [0.2, 0.25) is 0 Å². The Morgan fingerprint density at radius 1 is 1.42 bits per heavy atom. The van der Waals surface area contributed by atoms with E-state index in [0.717, 1.165) is 25.3 Å². The van der Waals surface area contributed by atoms with E-state index in [1.54, 1.807) is 0 Å². The Kier molecular flexibility index (Phi) is 4.63. The number of nitrogens with two attached hydrogens (primary N) is 1. The molecule has 0 aromatic carbocycles. The quantitative estimate of drug-likeness (QED) is 0.792. The van der Waals surface area contributed by atoms with E-state index < -0.39 is 0 Å². The number of carbonyl (C=O) groups excluding carboxylic acids is 1. The standard InChI is InChI=1S/C13H22N4OS/c1-3-15-13-17-11(14)10(19-13)12(18)16-9-6-4-8(2)5-7-9/h8-9H,3-7,14H2,1-2H3,(H,15,17)(H,16,18). The number of nitrogen functional groups attached to an aromatic ring is 1. The molecule has 0 radical (unpaired) electrons. The second kappa shape index (κ2) is 6.23. The van der Waals surface area contributed by atoms with Gasteiger partial charge in [-0.05, 0) is 38.5 Å². The summed E-state index contributed by atoms with van der Waals surface area (Å²) < 4.78 is 0. The molecule has 1 amide bonds. The van der Waals surface area contributed by atoms with Gasteiger partial charge in [0.05, 0.1) is 0 Å². The lowest BCUT2D eigenvalue weighted by molar-refractivity contribution is 0.0928. The summed E-state index contributed by atoms with van der Waals surface area (Å²) in [5, 5.41) is 6.87. The molecule has 0 atom stereocenters. The minimum absolute atomic E-state index is 0.0845. The first kappa shape index (κ1) is 14.1. The van der Waals surface area contributed by atoms with Crippen LogP contribution < -0.4 is 16.4 Å². The number of thiazole rings is 1. The molecule has 4 N–H and O–H groups in total. The Morgan fingerprint density at radius 3 is 2.74 bits per heavy atom. The van der Waals surface area contributed by atoms with Gasteiger partial charge in [-0.25, -0.2) is 4.98 Å². The Balaban J connectivity index is 1.95. The minimum Gasteiger partial charge on any atom is -0.382 e. The molecule has 0 saturated heterocycles. The Morgan fingerprint density at radius 2 is 2.11 bits per heavy atom. The Labute approximate surface area is 118 Å². The first-order valence-corrected chi connectivity index (χ1v) is 7.72. The summed E-state index contributed by atoms with van der Waals surface area (Å²) in [7, 11) is 0. The smallest absolute Gasteiger partial charge is 0.265 e. The number of rotatable bonds is 4. The lowest BCUT2D eigenvalue weighted by Crippen LogP contribution is -2.37. The molecule has 0 aliphatic heterocycles. The van der Waals surface area contributed by atoms with E-state index in [-0.39, 0.29) is 11.9 Å². The molecule has 5 nitrogen and oxygen atoms in total. The van der Waals surface area contributed by atoms with Crippen molar-refractivity contribution < 1.29 is 4.79 Å². The number of anilines is 2. The van der Waals surface area contributed by atoms with Crippen molar-refractivity contribution in [2.24, 2.45) is 5.92 Å². The summed E-state index contributed by atoms with van der Waals surface area (Å²) in [5.74, 6) is 1.02. The fourth-order valence-corrected chi connectivity index (χ4v) is 3.23. The highest BCUT2D eigenvalue weighted by Crippen LogP contribution is 2.27. The second-order valence-electron chi connectivity index (χ2n) is 5.19.